The van der Waals surface area contributed by atoms with Crippen LogP contribution in [-0.4, -0.2) is 17.9 Å². The smallest absolute Gasteiger partial charge is 0.416 e. The maximum atomic E-state index is 12.7. The number of hydrogen-bond donors (Lipinski definition) is 0. The first kappa shape index (κ1) is 15.3. The predicted octanol–water partition coefficient (Wildman–Crippen LogP) is 3.67. The largest absolute Gasteiger partial charge is 0.450 e. The van der Waals surface area contributed by atoms with Gasteiger partial charge in [-0.3, -0.25) is 4.79 Å². The van der Waals surface area contributed by atoms with Crippen molar-refractivity contribution in [1.82, 2.24) is 0 Å². The summed E-state index contributed by atoms with van der Waals surface area (Å²) < 4.78 is 43.3. The molecule has 2 aromatic rings. The summed E-state index contributed by atoms with van der Waals surface area (Å²) in [5.41, 5.74) is -0.188. The molecule has 0 fully saturated rings. The Morgan fingerprint density at radius 2 is 1.78 bits per heavy atom. The molecule has 0 spiro atoms. The maximum Gasteiger partial charge on any atom is 0.416 e. The number of fused-ring (bicyclic) bond motifs is 1. The zero-order valence-corrected chi connectivity index (χ0v) is 11.8. The van der Waals surface area contributed by atoms with Crippen molar-refractivity contribution in [2.24, 2.45) is 0 Å². The second-order valence-corrected chi connectivity index (χ2v) is 5.20. The van der Waals surface area contributed by atoms with Crippen LogP contribution in [0.5, 0.6) is 0 Å². The summed E-state index contributed by atoms with van der Waals surface area (Å²) in [6.07, 6.45) is -5.51. The average Bonchev–Trinajstić information content (AvgIpc) is 2.83. The van der Waals surface area contributed by atoms with Crippen LogP contribution in [-0.2, 0) is 17.3 Å². The van der Waals surface area contributed by atoms with Crippen molar-refractivity contribution in [1.29, 1.82) is 0 Å². The van der Waals surface area contributed by atoms with Gasteiger partial charge >= 0.3 is 12.1 Å². The molecule has 118 valence electrons. The highest BCUT2D eigenvalue weighted by Gasteiger charge is 2.37. The first-order chi connectivity index (χ1) is 10.9. The first-order valence-electron chi connectivity index (χ1n) is 6.86. The van der Waals surface area contributed by atoms with E-state index in [0.717, 1.165) is 12.1 Å². The number of alkyl halides is 3. The number of carbonyl (C=O) groups is 2. The molecule has 6 heteroatoms. The maximum absolute atomic E-state index is 12.7. The van der Waals surface area contributed by atoms with Gasteiger partial charge in [-0.25, -0.2) is 4.79 Å². The first-order valence-corrected chi connectivity index (χ1v) is 6.86. The van der Waals surface area contributed by atoms with Crippen LogP contribution in [0.1, 0.15) is 31.8 Å². The number of carbonyl (C=O) groups excluding carboxylic acids is 2. The van der Waals surface area contributed by atoms with Crippen LogP contribution in [0.25, 0.3) is 0 Å². The van der Waals surface area contributed by atoms with E-state index in [1.54, 1.807) is 18.2 Å². The van der Waals surface area contributed by atoms with Gasteiger partial charge in [0.05, 0.1) is 11.1 Å². The molecule has 0 unspecified atom stereocenters. The third kappa shape index (κ3) is 2.97. The van der Waals surface area contributed by atoms with Gasteiger partial charge in [0, 0.05) is 12.0 Å². The summed E-state index contributed by atoms with van der Waals surface area (Å²) >= 11 is 0. The molecule has 1 aliphatic rings. The normalized spacial score (nSPS) is 17.0. The van der Waals surface area contributed by atoms with E-state index < -0.39 is 29.6 Å². The van der Waals surface area contributed by atoms with Gasteiger partial charge in [0.1, 0.15) is 0 Å². The molecule has 0 N–H and O–H groups in total. The Morgan fingerprint density at radius 1 is 1.09 bits per heavy atom. The van der Waals surface area contributed by atoms with Crippen LogP contribution in [0.2, 0.25) is 0 Å². The Kier molecular flexibility index (Phi) is 3.67. The molecular formula is C17H11F3O3. The zero-order valence-electron chi connectivity index (χ0n) is 11.8. The van der Waals surface area contributed by atoms with Crippen molar-refractivity contribution < 1.29 is 27.5 Å². The highest BCUT2D eigenvalue weighted by Crippen LogP contribution is 2.33. The Labute approximate surface area is 129 Å². The van der Waals surface area contributed by atoms with Crippen LogP contribution < -0.4 is 0 Å². The second kappa shape index (κ2) is 5.53. The van der Waals surface area contributed by atoms with Gasteiger partial charge in [-0.15, -0.1) is 0 Å². The van der Waals surface area contributed by atoms with E-state index in [0.29, 0.717) is 5.56 Å². The van der Waals surface area contributed by atoms with E-state index in [1.165, 1.54) is 18.2 Å². The lowest BCUT2D eigenvalue weighted by Gasteiger charge is -2.10. The van der Waals surface area contributed by atoms with Crippen LogP contribution in [0.3, 0.4) is 0 Å². The van der Waals surface area contributed by atoms with E-state index in [1.807, 2.05) is 0 Å². The van der Waals surface area contributed by atoms with Crippen molar-refractivity contribution in [3.63, 3.8) is 0 Å². The molecule has 0 bridgehead atoms. The standard InChI is InChI=1S/C17H11F3O3/c18-17(19,20)12-7-6-11-8-14(15(21)13(11)9-12)23-16(22)10-4-2-1-3-5-10/h1-7,9,14H,8H2/t14-/m1/s1. The lowest BCUT2D eigenvalue weighted by atomic mass is 10.1. The lowest BCUT2D eigenvalue weighted by molar-refractivity contribution is -0.137. The summed E-state index contributed by atoms with van der Waals surface area (Å²) in [6, 6.07) is 11.1. The van der Waals surface area contributed by atoms with E-state index >= 15 is 0 Å². The van der Waals surface area contributed by atoms with Crippen molar-refractivity contribution in [2.75, 3.05) is 0 Å². The highest BCUT2D eigenvalue weighted by atomic mass is 19.4. The van der Waals surface area contributed by atoms with Gasteiger partial charge in [-0.2, -0.15) is 13.2 Å². The van der Waals surface area contributed by atoms with Crippen molar-refractivity contribution in [3.05, 3.63) is 70.8 Å². The highest BCUT2D eigenvalue weighted by molar-refractivity contribution is 6.05. The molecule has 3 nitrogen and oxygen atoms in total. The number of halogens is 3. The number of benzene rings is 2. The molecule has 1 aliphatic carbocycles. The van der Waals surface area contributed by atoms with Crippen LogP contribution in [0, 0.1) is 0 Å². The zero-order chi connectivity index (χ0) is 16.6. The van der Waals surface area contributed by atoms with Gasteiger partial charge in [0.25, 0.3) is 0 Å². The van der Waals surface area contributed by atoms with Gasteiger partial charge in [-0.05, 0) is 29.8 Å². The fraction of sp³-hybridized carbons (Fsp3) is 0.176. The molecule has 0 aliphatic heterocycles. The number of hydrogen-bond acceptors (Lipinski definition) is 3. The molecule has 0 saturated heterocycles. The van der Waals surface area contributed by atoms with Crippen LogP contribution in [0.15, 0.2) is 48.5 Å². The van der Waals surface area contributed by atoms with Gasteiger partial charge in [-0.1, -0.05) is 24.3 Å². The monoisotopic (exact) mass is 320 g/mol. The summed E-state index contributed by atoms with van der Waals surface area (Å²) in [5, 5.41) is 0. The predicted molar refractivity (Wildman–Crippen MR) is 75.1 cm³/mol. The minimum absolute atomic E-state index is 0.0364. The Balaban J connectivity index is 1.80. The van der Waals surface area contributed by atoms with Gasteiger partial charge in [0.2, 0.25) is 5.78 Å². The number of ether oxygens (including phenoxy) is 1. The Hall–Kier alpha value is -2.63. The number of rotatable bonds is 2. The van der Waals surface area contributed by atoms with Gasteiger partial charge in [0.15, 0.2) is 6.10 Å². The molecule has 3 rings (SSSR count). The fourth-order valence-corrected chi connectivity index (χ4v) is 2.49. The average molecular weight is 320 g/mol. The van der Waals surface area contributed by atoms with E-state index in [-0.39, 0.29) is 17.5 Å². The third-order valence-corrected chi connectivity index (χ3v) is 3.66. The lowest BCUT2D eigenvalue weighted by Crippen LogP contribution is -2.24. The summed E-state index contributed by atoms with van der Waals surface area (Å²) in [5.74, 6) is -1.27. The molecule has 2 aromatic carbocycles. The van der Waals surface area contributed by atoms with Crippen LogP contribution >= 0.6 is 0 Å². The van der Waals surface area contributed by atoms with Crippen LogP contribution in [0.4, 0.5) is 13.2 Å². The van der Waals surface area contributed by atoms with E-state index in [4.69, 9.17) is 4.74 Å². The topological polar surface area (TPSA) is 43.4 Å². The third-order valence-electron chi connectivity index (χ3n) is 3.66. The molecular weight excluding hydrogens is 309 g/mol. The Bertz CT molecular complexity index is 766. The molecule has 23 heavy (non-hydrogen) atoms. The summed E-state index contributed by atoms with van der Waals surface area (Å²) in [6.45, 7) is 0. The molecule has 0 saturated carbocycles. The van der Waals surface area contributed by atoms with Crippen molar-refractivity contribution >= 4 is 11.8 Å². The SMILES string of the molecule is O=C(O[C@@H]1Cc2ccc(C(F)(F)F)cc2C1=O)c1ccccc1. The number of ketones is 1. The minimum atomic E-state index is -4.52. The van der Waals surface area contributed by atoms with E-state index in [9.17, 15) is 22.8 Å². The number of esters is 1. The Morgan fingerprint density at radius 3 is 2.43 bits per heavy atom. The second-order valence-electron chi connectivity index (χ2n) is 5.20. The molecule has 0 heterocycles. The van der Waals surface area contributed by atoms with Crippen molar-refractivity contribution in [3.8, 4) is 0 Å². The molecule has 0 aromatic heterocycles. The molecule has 1 atom stereocenters. The minimum Gasteiger partial charge on any atom is -0.450 e. The molecule has 0 amide bonds. The summed E-state index contributed by atoms with van der Waals surface area (Å²) in [7, 11) is 0. The fourth-order valence-electron chi connectivity index (χ4n) is 2.49. The number of Topliss-reactive ketones (excluding diaryl/α,β-unsaturated/α-hetero) is 1. The van der Waals surface area contributed by atoms with Crippen molar-refractivity contribution in [2.45, 2.75) is 18.7 Å². The van der Waals surface area contributed by atoms with E-state index in [2.05, 4.69) is 0 Å². The summed E-state index contributed by atoms with van der Waals surface area (Å²) in [4.78, 5) is 24.2. The quantitative estimate of drug-likeness (QED) is 0.793. The van der Waals surface area contributed by atoms with Gasteiger partial charge < -0.3 is 4.74 Å². The molecule has 0 radical (unpaired) electrons.